The quantitative estimate of drug-likeness (QED) is 0.256. The molecule has 0 aliphatic carbocycles. The van der Waals surface area contributed by atoms with Crippen molar-refractivity contribution in [2.75, 3.05) is 27.4 Å². The Kier molecular flexibility index (Phi) is 8.31. The van der Waals surface area contributed by atoms with Gasteiger partial charge in [0.05, 0.1) is 33.4 Å². The SMILES string of the molecule is COc1cc([C@@H](CO)C(=O)c2ccc(O[C@@H]3O[C@H](CO)[C@@H](O)[C@H](O)[C@H]3O)c(OC)c2)ccc1O. The minimum Gasteiger partial charge on any atom is -0.504 e. The molecule has 6 N–H and O–H groups in total. The summed E-state index contributed by atoms with van der Waals surface area (Å²) in [6, 6.07) is 8.51. The number of aliphatic hydroxyl groups excluding tert-OH is 5. The van der Waals surface area contributed by atoms with Crippen molar-refractivity contribution in [3.8, 4) is 23.0 Å². The molecule has 2 aromatic carbocycles. The van der Waals surface area contributed by atoms with Crippen molar-refractivity contribution in [1.82, 2.24) is 0 Å². The number of Topliss-reactive ketones (excluding diaryl/α,β-unsaturated/α-hetero) is 1. The lowest BCUT2D eigenvalue weighted by Gasteiger charge is -2.39. The van der Waals surface area contributed by atoms with Gasteiger partial charge in [-0.3, -0.25) is 4.79 Å². The van der Waals surface area contributed by atoms with E-state index < -0.39 is 55.6 Å². The van der Waals surface area contributed by atoms with E-state index in [-0.39, 0.29) is 28.6 Å². The molecule has 0 unspecified atom stereocenters. The van der Waals surface area contributed by atoms with Gasteiger partial charge in [0.2, 0.25) is 6.29 Å². The molecule has 186 valence electrons. The topological polar surface area (TPSA) is 175 Å². The highest BCUT2D eigenvalue weighted by molar-refractivity contribution is 6.01. The summed E-state index contributed by atoms with van der Waals surface area (Å²) >= 11 is 0. The third kappa shape index (κ3) is 5.09. The zero-order chi connectivity index (χ0) is 25.0. The normalized spacial score (nSPS) is 25.4. The first-order chi connectivity index (χ1) is 16.2. The van der Waals surface area contributed by atoms with Crippen LogP contribution in [0.25, 0.3) is 0 Å². The summed E-state index contributed by atoms with van der Waals surface area (Å²) in [5, 5.41) is 59.0. The molecule has 3 rings (SSSR count). The number of phenolic OH excluding ortho intramolecular Hbond substituents is 1. The van der Waals surface area contributed by atoms with E-state index in [9.17, 15) is 35.4 Å². The summed E-state index contributed by atoms with van der Waals surface area (Å²) in [5.41, 5.74) is 0.617. The van der Waals surface area contributed by atoms with Gasteiger partial charge in [-0.1, -0.05) is 6.07 Å². The Balaban J connectivity index is 1.84. The van der Waals surface area contributed by atoms with Crippen LogP contribution >= 0.6 is 0 Å². The van der Waals surface area contributed by atoms with E-state index in [0.29, 0.717) is 5.56 Å². The van der Waals surface area contributed by atoms with Gasteiger partial charge in [-0.15, -0.1) is 0 Å². The number of methoxy groups -OCH3 is 2. The van der Waals surface area contributed by atoms with Crippen molar-refractivity contribution < 1.29 is 54.4 Å². The highest BCUT2D eigenvalue weighted by Gasteiger charge is 2.45. The molecule has 11 heteroatoms. The maximum Gasteiger partial charge on any atom is 0.229 e. The summed E-state index contributed by atoms with van der Waals surface area (Å²) < 4.78 is 21.3. The Hall–Kier alpha value is -2.93. The van der Waals surface area contributed by atoms with Crippen molar-refractivity contribution in [2.24, 2.45) is 0 Å². The predicted octanol–water partition coefficient (Wildman–Crippen LogP) is -0.453. The van der Waals surface area contributed by atoms with Crippen LogP contribution in [0.2, 0.25) is 0 Å². The Bertz CT molecular complexity index is 993. The van der Waals surface area contributed by atoms with Gasteiger partial charge in [-0.25, -0.2) is 0 Å². The average Bonchev–Trinajstić information content (AvgIpc) is 2.85. The molecule has 0 spiro atoms. The lowest BCUT2D eigenvalue weighted by Crippen LogP contribution is -2.60. The maximum absolute atomic E-state index is 13.1. The van der Waals surface area contributed by atoms with E-state index >= 15 is 0 Å². The molecule has 0 bridgehead atoms. The van der Waals surface area contributed by atoms with Crippen LogP contribution in [0.4, 0.5) is 0 Å². The third-order valence-electron chi connectivity index (χ3n) is 5.64. The van der Waals surface area contributed by atoms with E-state index in [4.69, 9.17) is 18.9 Å². The molecule has 1 saturated heterocycles. The molecule has 0 amide bonds. The second-order valence-corrected chi connectivity index (χ2v) is 7.71. The zero-order valence-corrected chi connectivity index (χ0v) is 18.6. The van der Waals surface area contributed by atoms with Gasteiger partial charge in [0.25, 0.3) is 0 Å². The molecule has 1 aliphatic heterocycles. The summed E-state index contributed by atoms with van der Waals surface area (Å²) in [6.07, 6.45) is -7.35. The molecule has 0 saturated carbocycles. The monoisotopic (exact) mass is 480 g/mol. The highest BCUT2D eigenvalue weighted by Crippen LogP contribution is 2.35. The number of carbonyl (C=O) groups is 1. The molecule has 1 heterocycles. The number of rotatable bonds is 9. The van der Waals surface area contributed by atoms with E-state index in [1.54, 1.807) is 0 Å². The van der Waals surface area contributed by atoms with Gasteiger partial charge in [-0.2, -0.15) is 0 Å². The number of ketones is 1. The predicted molar refractivity (Wildman–Crippen MR) is 116 cm³/mol. The number of carbonyl (C=O) groups excluding carboxylic acids is 1. The first-order valence-corrected chi connectivity index (χ1v) is 10.4. The number of hydrogen-bond donors (Lipinski definition) is 6. The van der Waals surface area contributed by atoms with Crippen LogP contribution in [0.15, 0.2) is 36.4 Å². The highest BCUT2D eigenvalue weighted by atomic mass is 16.7. The molecular formula is C23H28O11. The summed E-state index contributed by atoms with van der Waals surface area (Å²) in [7, 11) is 2.70. The van der Waals surface area contributed by atoms with Crippen molar-refractivity contribution in [2.45, 2.75) is 36.6 Å². The summed E-state index contributed by atoms with van der Waals surface area (Å²) in [4.78, 5) is 13.1. The fourth-order valence-corrected chi connectivity index (χ4v) is 3.66. The van der Waals surface area contributed by atoms with Crippen molar-refractivity contribution in [3.63, 3.8) is 0 Å². The number of aliphatic hydroxyl groups is 5. The minimum absolute atomic E-state index is 0.0650. The minimum atomic E-state index is -1.62. The van der Waals surface area contributed by atoms with Crippen LogP contribution in [0.3, 0.4) is 0 Å². The Morgan fingerprint density at radius 2 is 1.65 bits per heavy atom. The van der Waals surface area contributed by atoms with Crippen molar-refractivity contribution in [3.05, 3.63) is 47.5 Å². The lowest BCUT2D eigenvalue weighted by atomic mass is 9.91. The summed E-state index contributed by atoms with van der Waals surface area (Å²) in [6.45, 7) is -1.11. The molecule has 0 radical (unpaired) electrons. The summed E-state index contributed by atoms with van der Waals surface area (Å²) in [5.74, 6) is -1.17. The second-order valence-electron chi connectivity index (χ2n) is 7.71. The Morgan fingerprint density at radius 3 is 2.26 bits per heavy atom. The Labute approximate surface area is 195 Å². The van der Waals surface area contributed by atoms with Gasteiger partial charge >= 0.3 is 0 Å². The fourth-order valence-electron chi connectivity index (χ4n) is 3.66. The third-order valence-corrected chi connectivity index (χ3v) is 5.64. The van der Waals surface area contributed by atoms with Gasteiger partial charge < -0.3 is 49.6 Å². The molecule has 2 aromatic rings. The molecule has 11 nitrogen and oxygen atoms in total. The first-order valence-electron chi connectivity index (χ1n) is 10.4. The maximum atomic E-state index is 13.1. The lowest BCUT2D eigenvalue weighted by molar-refractivity contribution is -0.277. The van der Waals surface area contributed by atoms with Crippen LogP contribution in [-0.4, -0.2) is 94.6 Å². The van der Waals surface area contributed by atoms with Gasteiger partial charge in [0, 0.05) is 5.56 Å². The molecule has 0 aromatic heterocycles. The van der Waals surface area contributed by atoms with Crippen LogP contribution in [-0.2, 0) is 4.74 Å². The zero-order valence-electron chi connectivity index (χ0n) is 18.6. The smallest absolute Gasteiger partial charge is 0.229 e. The molecule has 1 aliphatic rings. The molecule has 1 fully saturated rings. The van der Waals surface area contributed by atoms with E-state index in [0.717, 1.165) is 0 Å². The molecule has 34 heavy (non-hydrogen) atoms. The average molecular weight is 480 g/mol. The number of aromatic hydroxyl groups is 1. The molecule has 6 atom stereocenters. The second kappa shape index (κ2) is 11.0. The molecular weight excluding hydrogens is 452 g/mol. The van der Waals surface area contributed by atoms with Gasteiger partial charge in [0.15, 0.2) is 28.8 Å². The van der Waals surface area contributed by atoms with Crippen LogP contribution < -0.4 is 14.2 Å². The number of ether oxygens (including phenoxy) is 4. The number of benzene rings is 2. The van der Waals surface area contributed by atoms with Crippen molar-refractivity contribution in [1.29, 1.82) is 0 Å². The van der Waals surface area contributed by atoms with Crippen LogP contribution in [0, 0.1) is 0 Å². The van der Waals surface area contributed by atoms with Crippen LogP contribution in [0.1, 0.15) is 21.8 Å². The van der Waals surface area contributed by atoms with E-state index in [1.165, 1.54) is 50.6 Å². The van der Waals surface area contributed by atoms with Gasteiger partial charge in [-0.05, 0) is 35.9 Å². The standard InChI is InChI=1S/C23H28O11/c1-31-16-7-11(3-5-14(16)26)13(9-24)19(27)12-4-6-15(17(8-12)32-2)33-23-22(30)21(29)20(28)18(10-25)34-23/h3-8,13,18,20-26,28-30H,9-10H2,1-2H3/t13-,18-,20-,21+,22-,23-/m1/s1. The number of hydrogen-bond acceptors (Lipinski definition) is 11. The van der Waals surface area contributed by atoms with Crippen LogP contribution in [0.5, 0.6) is 23.0 Å². The first kappa shape index (κ1) is 25.7. The Morgan fingerprint density at radius 1 is 0.941 bits per heavy atom. The fraction of sp³-hybridized carbons (Fsp3) is 0.435. The van der Waals surface area contributed by atoms with Gasteiger partial charge in [0.1, 0.15) is 24.4 Å². The largest absolute Gasteiger partial charge is 0.504 e. The number of phenols is 1. The van der Waals surface area contributed by atoms with E-state index in [2.05, 4.69) is 0 Å². The van der Waals surface area contributed by atoms with E-state index in [1.807, 2.05) is 0 Å². The van der Waals surface area contributed by atoms with Crippen molar-refractivity contribution >= 4 is 5.78 Å².